The van der Waals surface area contributed by atoms with Crippen LogP contribution < -0.4 is 5.73 Å². The van der Waals surface area contributed by atoms with Gasteiger partial charge in [-0.15, -0.1) is 6.58 Å². The van der Waals surface area contributed by atoms with E-state index in [1.165, 1.54) is 57.8 Å². The average Bonchev–Trinajstić information content (AvgIpc) is 2.62. The second-order valence-electron chi connectivity index (χ2n) is 8.15. The van der Waals surface area contributed by atoms with E-state index in [-0.39, 0.29) is 6.42 Å². The predicted octanol–water partition coefficient (Wildman–Crippen LogP) is 4.87. The van der Waals surface area contributed by atoms with E-state index in [4.69, 9.17) is 19.3 Å². The van der Waals surface area contributed by atoms with E-state index in [9.17, 15) is 14.8 Å². The number of unbranched alkanes of at least 4 members (excludes halogenated alkanes) is 12. The third-order valence-electron chi connectivity index (χ3n) is 5.84. The molecule has 3 aliphatic heterocycles. The Hall–Kier alpha value is -0.270. The molecule has 0 saturated carbocycles. The van der Waals surface area contributed by atoms with E-state index in [1.54, 1.807) is 0 Å². The Bertz CT molecular complexity index is 549. The summed E-state index contributed by atoms with van der Waals surface area (Å²) in [6, 6.07) is 0. The van der Waals surface area contributed by atoms with E-state index in [0.717, 1.165) is 25.3 Å². The first kappa shape index (κ1) is 24.0. The maximum Gasteiger partial charge on any atom is 0.486 e. The smallest absolute Gasteiger partial charge is 0.363 e. The van der Waals surface area contributed by atoms with Crippen LogP contribution in [0.3, 0.4) is 0 Å². The first-order valence-corrected chi connectivity index (χ1v) is 12.3. The summed E-state index contributed by atoms with van der Waals surface area (Å²) in [4.78, 5) is 0. The Balaban J connectivity index is 1.57. The minimum absolute atomic E-state index is 0.117. The largest absolute Gasteiger partial charge is 0.486 e. The number of hydrogen-bond acceptors (Lipinski definition) is 7. The minimum atomic E-state index is -3.94. The number of rotatable bonds is 15. The van der Waals surface area contributed by atoms with Gasteiger partial charge in [0.05, 0.1) is 0 Å². The number of aliphatic hydroxyl groups is 2. The summed E-state index contributed by atoms with van der Waals surface area (Å²) in [7, 11) is -3.94. The van der Waals surface area contributed by atoms with Crippen molar-refractivity contribution < 1.29 is 28.3 Å². The van der Waals surface area contributed by atoms with Crippen LogP contribution in [-0.2, 0) is 18.1 Å². The summed E-state index contributed by atoms with van der Waals surface area (Å²) in [6.45, 7) is 5.77. The lowest BCUT2D eigenvalue weighted by molar-refractivity contribution is -0.448. The van der Waals surface area contributed by atoms with Crippen molar-refractivity contribution >= 4 is 7.82 Å². The standard InChI is InChI=1S/C20H38NO6P/c1-3-5-6-7-8-9-10-11-12-13-14-15-16-17-19(22)18(21,4-2)20(23)26-28(24,25-19)27-20/h4,22-23H,2-3,5-17,21H2,1H3/t18-,19+,20?,28?/m0/s1. The molecule has 0 unspecified atom stereocenters. The summed E-state index contributed by atoms with van der Waals surface area (Å²) < 4.78 is 26.7. The van der Waals surface area contributed by atoms with Crippen LogP contribution in [0.2, 0.25) is 0 Å². The Morgan fingerprint density at radius 1 is 0.857 bits per heavy atom. The molecule has 3 rings (SSSR count). The van der Waals surface area contributed by atoms with Crippen LogP contribution in [0, 0.1) is 0 Å². The fourth-order valence-electron chi connectivity index (χ4n) is 3.93. The molecule has 0 aromatic heterocycles. The number of nitrogens with two attached hydrogens (primary N) is 1. The number of fused-ring (bicyclic) bond motifs is 2. The van der Waals surface area contributed by atoms with E-state index in [0.29, 0.717) is 6.42 Å². The summed E-state index contributed by atoms with van der Waals surface area (Å²) in [6.07, 6.45) is 16.8. The van der Waals surface area contributed by atoms with E-state index in [1.807, 2.05) is 0 Å². The second kappa shape index (κ2) is 10.2. The third-order valence-corrected chi connectivity index (χ3v) is 7.31. The first-order valence-electron chi connectivity index (χ1n) is 10.8. The van der Waals surface area contributed by atoms with E-state index in [2.05, 4.69) is 13.5 Å². The van der Waals surface area contributed by atoms with Gasteiger partial charge < -0.3 is 15.9 Å². The van der Waals surface area contributed by atoms with Gasteiger partial charge in [0.1, 0.15) is 0 Å². The molecule has 3 heterocycles. The maximum absolute atomic E-state index is 12.0. The van der Waals surface area contributed by atoms with Crippen molar-refractivity contribution in [3.05, 3.63) is 12.7 Å². The minimum Gasteiger partial charge on any atom is -0.363 e. The van der Waals surface area contributed by atoms with Crippen molar-refractivity contribution in [2.75, 3.05) is 0 Å². The van der Waals surface area contributed by atoms with Crippen molar-refractivity contribution in [3.63, 3.8) is 0 Å². The molecule has 7 nitrogen and oxygen atoms in total. The molecule has 4 N–H and O–H groups in total. The van der Waals surface area contributed by atoms with Crippen molar-refractivity contribution in [3.8, 4) is 0 Å². The highest BCUT2D eigenvalue weighted by molar-refractivity contribution is 7.49. The Kier molecular flexibility index (Phi) is 8.71. The zero-order valence-electron chi connectivity index (χ0n) is 17.2. The molecule has 2 atom stereocenters. The molecule has 8 heteroatoms. The molecule has 3 saturated heterocycles. The van der Waals surface area contributed by atoms with Gasteiger partial charge in [0.2, 0.25) is 5.79 Å². The molecule has 0 amide bonds. The number of phosphoric ester groups is 1. The summed E-state index contributed by atoms with van der Waals surface area (Å²) in [5.41, 5.74) is 4.13. The van der Waals surface area contributed by atoms with Gasteiger partial charge in [0, 0.05) is 6.42 Å². The molecular formula is C20H38NO6P. The van der Waals surface area contributed by atoms with Gasteiger partial charge in [0.15, 0.2) is 5.54 Å². The lowest BCUT2D eigenvalue weighted by Gasteiger charge is -2.60. The molecule has 2 bridgehead atoms. The van der Waals surface area contributed by atoms with Crippen molar-refractivity contribution in [2.45, 2.75) is 114 Å². The summed E-state index contributed by atoms with van der Waals surface area (Å²) in [5, 5.41) is 21.0. The van der Waals surface area contributed by atoms with Crippen LogP contribution in [-0.4, -0.2) is 27.5 Å². The van der Waals surface area contributed by atoms with Crippen LogP contribution in [0.4, 0.5) is 0 Å². The van der Waals surface area contributed by atoms with Crippen molar-refractivity contribution in [2.24, 2.45) is 5.73 Å². The van der Waals surface area contributed by atoms with Crippen LogP contribution in [0.1, 0.15) is 96.8 Å². The fourth-order valence-corrected chi connectivity index (χ4v) is 5.54. The number of hydrogen-bond donors (Lipinski definition) is 3. The lowest BCUT2D eigenvalue weighted by Crippen LogP contribution is -2.80. The topological polar surface area (TPSA) is 111 Å². The maximum atomic E-state index is 12.0. The van der Waals surface area contributed by atoms with Gasteiger partial charge in [-0.25, -0.2) is 13.6 Å². The molecule has 0 spiro atoms. The molecule has 0 aliphatic carbocycles. The molecule has 28 heavy (non-hydrogen) atoms. The molecule has 3 aliphatic rings. The van der Waals surface area contributed by atoms with E-state index < -0.39 is 25.1 Å². The quantitative estimate of drug-likeness (QED) is 0.197. The van der Waals surface area contributed by atoms with Gasteiger partial charge >= 0.3 is 13.8 Å². The zero-order valence-corrected chi connectivity index (χ0v) is 18.1. The Morgan fingerprint density at radius 3 is 1.71 bits per heavy atom. The monoisotopic (exact) mass is 419 g/mol. The van der Waals surface area contributed by atoms with Gasteiger partial charge in [-0.2, -0.15) is 0 Å². The molecule has 164 valence electrons. The average molecular weight is 419 g/mol. The van der Waals surface area contributed by atoms with Crippen LogP contribution in [0.25, 0.3) is 0 Å². The predicted molar refractivity (Wildman–Crippen MR) is 108 cm³/mol. The van der Waals surface area contributed by atoms with Crippen molar-refractivity contribution in [1.29, 1.82) is 0 Å². The first-order chi connectivity index (χ1) is 13.2. The van der Waals surface area contributed by atoms with Gasteiger partial charge in [0.25, 0.3) is 0 Å². The Labute approximate surface area is 169 Å². The third kappa shape index (κ3) is 5.25. The number of phosphoric acid groups is 1. The highest BCUT2D eigenvalue weighted by Crippen LogP contribution is 2.74. The van der Waals surface area contributed by atoms with Gasteiger partial charge in [-0.3, -0.25) is 4.52 Å². The SMILES string of the molecule is C=C[C@@]1(N)C2(O)OP(=O)(O2)O[C@]1(O)CCCCCCCCCCCCCCC. The van der Waals surface area contributed by atoms with Gasteiger partial charge in [-0.1, -0.05) is 90.0 Å². The summed E-state index contributed by atoms with van der Waals surface area (Å²) in [5.74, 6) is -4.40. The fraction of sp³-hybridized carbons (Fsp3) is 0.900. The molecule has 0 aromatic rings. The van der Waals surface area contributed by atoms with Gasteiger partial charge in [-0.05, 0) is 6.42 Å². The normalized spacial score (nSPS) is 36.9. The lowest BCUT2D eigenvalue weighted by atomic mass is 9.83. The Morgan fingerprint density at radius 2 is 1.29 bits per heavy atom. The van der Waals surface area contributed by atoms with Crippen LogP contribution in [0.5, 0.6) is 0 Å². The van der Waals surface area contributed by atoms with E-state index >= 15 is 0 Å². The zero-order chi connectivity index (χ0) is 20.7. The van der Waals surface area contributed by atoms with Crippen LogP contribution in [0.15, 0.2) is 12.7 Å². The second-order valence-corrected chi connectivity index (χ2v) is 9.60. The molecule has 0 aromatic carbocycles. The highest BCUT2D eigenvalue weighted by atomic mass is 31.2. The summed E-state index contributed by atoms with van der Waals surface area (Å²) >= 11 is 0. The van der Waals surface area contributed by atoms with Crippen LogP contribution >= 0.6 is 7.82 Å². The van der Waals surface area contributed by atoms with Crippen molar-refractivity contribution in [1.82, 2.24) is 0 Å². The molecule has 3 fully saturated rings. The molecular weight excluding hydrogens is 381 g/mol. The molecule has 0 radical (unpaired) electrons. The highest BCUT2D eigenvalue weighted by Gasteiger charge is 2.79.